The number of nitrogens with zero attached hydrogens (tertiary/aromatic N) is 2. The van der Waals surface area contributed by atoms with Crippen molar-refractivity contribution in [3.8, 4) is 6.07 Å². The molecule has 3 rings (SSSR count). The first kappa shape index (κ1) is 18.0. The molecule has 3 aliphatic rings. The number of hydrogen-bond donors (Lipinski definition) is 2. The van der Waals surface area contributed by atoms with Gasteiger partial charge in [0.05, 0.1) is 25.1 Å². The second-order valence-corrected chi connectivity index (χ2v) is 8.41. The number of carbonyl (C=O) groups is 1. The third-order valence-corrected chi connectivity index (χ3v) is 7.10. The van der Waals surface area contributed by atoms with Crippen LogP contribution < -0.4 is 5.32 Å². The third-order valence-electron chi connectivity index (χ3n) is 6.09. The predicted octanol–water partition coefficient (Wildman–Crippen LogP) is 1.10. The summed E-state index contributed by atoms with van der Waals surface area (Å²) in [6, 6.07) is 1.88. The van der Waals surface area contributed by atoms with Gasteiger partial charge in [0, 0.05) is 24.5 Å². The zero-order valence-corrected chi connectivity index (χ0v) is 14.9. The monoisotopic (exact) mass is 353 g/mol. The van der Waals surface area contributed by atoms with Gasteiger partial charge in [0.1, 0.15) is 6.04 Å². The molecule has 0 aromatic carbocycles. The Balaban J connectivity index is 1.53. The van der Waals surface area contributed by atoms with E-state index in [9.17, 15) is 9.90 Å². The van der Waals surface area contributed by atoms with E-state index in [4.69, 9.17) is 10.00 Å². The molecule has 0 aromatic rings. The Labute approximate surface area is 147 Å². The van der Waals surface area contributed by atoms with Crippen LogP contribution in [0.5, 0.6) is 0 Å². The zero-order chi connectivity index (χ0) is 17.0. The molecule has 2 aliphatic heterocycles. The molecule has 2 heterocycles. The first-order valence-corrected chi connectivity index (χ1v) is 9.98. The maximum atomic E-state index is 12.4. The molecule has 24 heavy (non-hydrogen) atoms. The van der Waals surface area contributed by atoms with Gasteiger partial charge in [0.25, 0.3) is 0 Å². The highest BCUT2D eigenvalue weighted by atomic mass is 32.2. The number of ether oxygens (including phenoxy) is 1. The summed E-state index contributed by atoms with van der Waals surface area (Å²) >= 11 is 1.62. The van der Waals surface area contributed by atoms with Gasteiger partial charge in [-0.15, -0.1) is 11.8 Å². The van der Waals surface area contributed by atoms with Crippen molar-refractivity contribution >= 4 is 17.7 Å². The second kappa shape index (κ2) is 7.61. The predicted molar refractivity (Wildman–Crippen MR) is 92.3 cm³/mol. The van der Waals surface area contributed by atoms with Crippen molar-refractivity contribution in [2.45, 2.75) is 50.1 Å². The maximum Gasteiger partial charge on any atom is 0.238 e. The molecular formula is C17H27N3O3S. The highest BCUT2D eigenvalue weighted by Gasteiger charge is 2.43. The highest BCUT2D eigenvalue weighted by Crippen LogP contribution is 2.47. The Kier molecular flexibility index (Phi) is 5.70. The van der Waals surface area contributed by atoms with Crippen LogP contribution in [0.4, 0.5) is 0 Å². The summed E-state index contributed by atoms with van der Waals surface area (Å²) in [5.41, 5.74) is 0.0221. The molecule has 3 fully saturated rings. The number of rotatable bonds is 4. The summed E-state index contributed by atoms with van der Waals surface area (Å²) in [4.78, 5) is 14.1. The Morgan fingerprint density at radius 1 is 1.29 bits per heavy atom. The molecule has 1 atom stereocenters. The van der Waals surface area contributed by atoms with Gasteiger partial charge in [-0.2, -0.15) is 5.26 Å². The van der Waals surface area contributed by atoms with E-state index in [0.717, 1.165) is 51.7 Å². The van der Waals surface area contributed by atoms with Crippen LogP contribution in [0.15, 0.2) is 0 Å². The molecular weight excluding hydrogens is 326 g/mol. The lowest BCUT2D eigenvalue weighted by Gasteiger charge is -2.48. The second-order valence-electron chi connectivity index (χ2n) is 7.41. The number of carbonyl (C=O) groups excluding carboxylic acids is 1. The fourth-order valence-corrected chi connectivity index (χ4v) is 5.22. The third kappa shape index (κ3) is 3.72. The highest BCUT2D eigenvalue weighted by molar-refractivity contribution is 7.99. The lowest BCUT2D eigenvalue weighted by molar-refractivity contribution is -0.130. The minimum Gasteiger partial charge on any atom is -0.394 e. The Bertz CT molecular complexity index is 492. The van der Waals surface area contributed by atoms with Gasteiger partial charge in [-0.05, 0) is 43.9 Å². The van der Waals surface area contributed by atoms with Crippen LogP contribution in [0.1, 0.15) is 38.5 Å². The van der Waals surface area contributed by atoms with Crippen molar-refractivity contribution in [3.05, 3.63) is 0 Å². The fourth-order valence-electron chi connectivity index (χ4n) is 4.11. The number of aliphatic hydroxyl groups is 1. The van der Waals surface area contributed by atoms with Gasteiger partial charge >= 0.3 is 0 Å². The molecule has 0 aromatic heterocycles. The number of nitriles is 1. The molecule has 6 nitrogen and oxygen atoms in total. The maximum absolute atomic E-state index is 12.4. The Hall–Kier alpha value is -0.810. The Morgan fingerprint density at radius 2 is 2.00 bits per heavy atom. The van der Waals surface area contributed by atoms with Crippen molar-refractivity contribution in [2.75, 3.05) is 38.0 Å². The standard InChI is InChI=1S/C17H27N3O3S/c18-9-14-11-24-13-20(14)15(22)10-19-17(12-21)3-1-16(2-4-17)5-7-23-8-6-16/h14,19,21H,1-8,10-13H2/t14-/m1/s1. The molecule has 7 heteroatoms. The van der Waals surface area contributed by atoms with E-state index >= 15 is 0 Å². The van der Waals surface area contributed by atoms with E-state index in [1.807, 2.05) is 0 Å². The van der Waals surface area contributed by atoms with Gasteiger partial charge in [-0.1, -0.05) is 0 Å². The van der Waals surface area contributed by atoms with Crippen molar-refractivity contribution in [2.24, 2.45) is 5.41 Å². The minimum atomic E-state index is -0.353. The molecule has 0 bridgehead atoms. The molecule has 0 unspecified atom stereocenters. The smallest absolute Gasteiger partial charge is 0.238 e. The topological polar surface area (TPSA) is 85.6 Å². The minimum absolute atomic E-state index is 0.0364. The van der Waals surface area contributed by atoms with Gasteiger partial charge in [0.15, 0.2) is 0 Å². The molecule has 1 amide bonds. The first-order chi connectivity index (χ1) is 11.6. The van der Waals surface area contributed by atoms with Crippen LogP contribution in [-0.2, 0) is 9.53 Å². The summed E-state index contributed by atoms with van der Waals surface area (Å²) in [6.45, 7) is 1.96. The van der Waals surface area contributed by atoms with Crippen molar-refractivity contribution in [1.82, 2.24) is 10.2 Å². The van der Waals surface area contributed by atoms with Crippen molar-refractivity contribution in [3.63, 3.8) is 0 Å². The zero-order valence-electron chi connectivity index (χ0n) is 14.1. The summed E-state index contributed by atoms with van der Waals surface area (Å²) in [7, 11) is 0. The summed E-state index contributed by atoms with van der Waals surface area (Å²) in [6.07, 6.45) is 6.18. The lowest BCUT2D eigenvalue weighted by Crippen LogP contribution is -2.56. The lowest BCUT2D eigenvalue weighted by atomic mass is 9.64. The van der Waals surface area contributed by atoms with Gasteiger partial charge < -0.3 is 20.1 Å². The van der Waals surface area contributed by atoms with Gasteiger partial charge in [-0.25, -0.2) is 0 Å². The van der Waals surface area contributed by atoms with Crippen LogP contribution in [0.3, 0.4) is 0 Å². The molecule has 0 radical (unpaired) electrons. The van der Waals surface area contributed by atoms with E-state index in [0.29, 0.717) is 17.0 Å². The summed E-state index contributed by atoms with van der Waals surface area (Å²) < 4.78 is 5.49. The number of aliphatic hydroxyl groups excluding tert-OH is 1. The van der Waals surface area contributed by atoms with E-state index in [1.54, 1.807) is 16.7 Å². The van der Waals surface area contributed by atoms with Crippen molar-refractivity contribution < 1.29 is 14.6 Å². The van der Waals surface area contributed by atoms with Crippen LogP contribution in [-0.4, -0.2) is 65.5 Å². The summed E-state index contributed by atoms with van der Waals surface area (Å²) in [5, 5.41) is 22.4. The van der Waals surface area contributed by atoms with E-state index in [-0.39, 0.29) is 30.6 Å². The normalized spacial score (nSPS) is 28.7. The Morgan fingerprint density at radius 3 is 2.62 bits per heavy atom. The number of hydrogen-bond acceptors (Lipinski definition) is 6. The van der Waals surface area contributed by atoms with Gasteiger partial charge in [0.2, 0.25) is 5.91 Å². The van der Waals surface area contributed by atoms with Gasteiger partial charge in [-0.3, -0.25) is 4.79 Å². The molecule has 1 saturated carbocycles. The number of amides is 1. The number of nitrogens with one attached hydrogen (secondary N) is 1. The fraction of sp³-hybridized carbons (Fsp3) is 0.882. The molecule has 1 spiro atoms. The van der Waals surface area contributed by atoms with Crippen LogP contribution in [0, 0.1) is 16.7 Å². The average Bonchev–Trinajstić information content (AvgIpc) is 3.11. The van der Waals surface area contributed by atoms with E-state index < -0.39 is 0 Å². The van der Waals surface area contributed by atoms with E-state index in [1.165, 1.54) is 0 Å². The molecule has 2 saturated heterocycles. The van der Waals surface area contributed by atoms with Crippen LogP contribution in [0.25, 0.3) is 0 Å². The summed E-state index contributed by atoms with van der Waals surface area (Å²) in [5.74, 6) is 1.25. The van der Waals surface area contributed by atoms with E-state index in [2.05, 4.69) is 11.4 Å². The molecule has 1 aliphatic carbocycles. The van der Waals surface area contributed by atoms with Crippen molar-refractivity contribution in [1.29, 1.82) is 5.26 Å². The van der Waals surface area contributed by atoms with Crippen LogP contribution >= 0.6 is 11.8 Å². The largest absolute Gasteiger partial charge is 0.394 e. The average molecular weight is 353 g/mol. The molecule has 134 valence electrons. The SMILES string of the molecule is N#C[C@@H]1CSCN1C(=O)CNC1(CO)CCC2(CCOCC2)CC1. The quantitative estimate of drug-likeness (QED) is 0.787. The van der Waals surface area contributed by atoms with Crippen LogP contribution in [0.2, 0.25) is 0 Å². The first-order valence-electron chi connectivity index (χ1n) is 8.83. The molecule has 2 N–H and O–H groups in total. The number of thioether (sulfide) groups is 1.